The summed E-state index contributed by atoms with van der Waals surface area (Å²) in [6, 6.07) is 14.9. The summed E-state index contributed by atoms with van der Waals surface area (Å²) in [5.41, 5.74) is 3.49. The van der Waals surface area contributed by atoms with Crippen molar-refractivity contribution < 1.29 is 4.79 Å². The molecular formula is C27H28Cl2N2O2. The molecule has 0 atom stereocenters. The predicted octanol–water partition coefficient (Wildman–Crippen LogP) is 6.53. The second-order valence-electron chi connectivity index (χ2n) is 8.49. The molecule has 3 aromatic rings. The largest absolute Gasteiger partial charge is 0.371 e. The molecule has 1 aliphatic heterocycles. The number of benzene rings is 2. The van der Waals surface area contributed by atoms with Gasteiger partial charge in [0.25, 0.3) is 5.56 Å². The Bertz CT molecular complexity index is 1220. The van der Waals surface area contributed by atoms with Crippen LogP contribution in [0.5, 0.6) is 0 Å². The van der Waals surface area contributed by atoms with Crippen molar-refractivity contribution in [3.63, 3.8) is 0 Å². The Morgan fingerprint density at radius 2 is 1.85 bits per heavy atom. The van der Waals surface area contributed by atoms with E-state index in [1.165, 1.54) is 0 Å². The van der Waals surface area contributed by atoms with Crippen LogP contribution in [0.3, 0.4) is 0 Å². The van der Waals surface area contributed by atoms with E-state index in [4.69, 9.17) is 23.2 Å². The van der Waals surface area contributed by atoms with Crippen molar-refractivity contribution in [1.82, 2.24) is 4.57 Å². The van der Waals surface area contributed by atoms with Gasteiger partial charge in [-0.25, -0.2) is 0 Å². The van der Waals surface area contributed by atoms with E-state index in [9.17, 15) is 9.59 Å². The number of ketones is 1. The standard InChI is InChI=1S/C27H28Cl2N2O2/c1-2-3-5-11-20-21(16-18-9-6-4-7-10-18)27(33)31-15-8-14-30-26(31)24(20)25(32)22-17-19(28)12-13-23(22)29/h4,6-7,9-10,12-13,17,30H,2-3,5,8,11,14-16H2,1H3. The molecular weight excluding hydrogens is 455 g/mol. The molecule has 0 bridgehead atoms. The Balaban J connectivity index is 1.96. The zero-order chi connectivity index (χ0) is 23.4. The van der Waals surface area contributed by atoms with Crippen LogP contribution in [0.2, 0.25) is 10.0 Å². The number of hydrogen-bond donors (Lipinski definition) is 1. The summed E-state index contributed by atoms with van der Waals surface area (Å²) in [6.45, 7) is 3.45. The average molecular weight is 483 g/mol. The maximum Gasteiger partial charge on any atom is 0.255 e. The second kappa shape index (κ2) is 10.6. The smallest absolute Gasteiger partial charge is 0.255 e. The number of anilines is 1. The molecule has 0 fully saturated rings. The summed E-state index contributed by atoms with van der Waals surface area (Å²) in [5.74, 6) is 0.414. The van der Waals surface area contributed by atoms with E-state index in [-0.39, 0.29) is 11.3 Å². The van der Waals surface area contributed by atoms with Crippen molar-refractivity contribution in [3.8, 4) is 0 Å². The van der Waals surface area contributed by atoms with E-state index in [1.54, 1.807) is 22.8 Å². The minimum Gasteiger partial charge on any atom is -0.371 e. The van der Waals surface area contributed by atoms with E-state index in [0.717, 1.165) is 43.4 Å². The molecule has 0 saturated carbocycles. The molecule has 0 unspecified atom stereocenters. The summed E-state index contributed by atoms with van der Waals surface area (Å²) < 4.78 is 1.73. The zero-order valence-corrected chi connectivity index (χ0v) is 20.3. The second-order valence-corrected chi connectivity index (χ2v) is 9.33. The molecule has 33 heavy (non-hydrogen) atoms. The number of nitrogens with one attached hydrogen (secondary N) is 1. The fraction of sp³-hybridized carbons (Fsp3) is 0.333. The molecule has 0 saturated heterocycles. The highest BCUT2D eigenvalue weighted by Crippen LogP contribution is 2.32. The molecule has 1 N–H and O–H groups in total. The minimum absolute atomic E-state index is 0.0127. The summed E-state index contributed by atoms with van der Waals surface area (Å²) in [4.78, 5) is 27.6. The Labute approximate surface area is 204 Å². The molecule has 0 radical (unpaired) electrons. The van der Waals surface area contributed by atoms with Crippen molar-refractivity contribution in [2.75, 3.05) is 11.9 Å². The van der Waals surface area contributed by atoms with Crippen LogP contribution in [0.1, 0.15) is 65.2 Å². The van der Waals surface area contributed by atoms with Crippen molar-refractivity contribution in [2.45, 2.75) is 52.0 Å². The molecule has 0 amide bonds. The highest BCUT2D eigenvalue weighted by molar-refractivity contribution is 6.37. The summed E-state index contributed by atoms with van der Waals surface area (Å²) in [7, 11) is 0. The highest BCUT2D eigenvalue weighted by atomic mass is 35.5. The first-order valence-corrected chi connectivity index (χ1v) is 12.3. The highest BCUT2D eigenvalue weighted by Gasteiger charge is 2.29. The van der Waals surface area contributed by atoms with Gasteiger partial charge in [-0.05, 0) is 48.6 Å². The lowest BCUT2D eigenvalue weighted by Crippen LogP contribution is -2.35. The van der Waals surface area contributed by atoms with Crippen LogP contribution in [0, 0.1) is 0 Å². The third kappa shape index (κ3) is 5.02. The summed E-state index contributed by atoms with van der Waals surface area (Å²) in [5, 5.41) is 4.15. The van der Waals surface area contributed by atoms with E-state index in [1.807, 2.05) is 30.3 Å². The van der Waals surface area contributed by atoms with Crippen LogP contribution < -0.4 is 10.9 Å². The summed E-state index contributed by atoms with van der Waals surface area (Å²) in [6.07, 6.45) is 4.98. The van der Waals surface area contributed by atoms with Crippen molar-refractivity contribution in [2.24, 2.45) is 0 Å². The number of unbranched alkanes of at least 4 members (excludes halogenated alkanes) is 2. The minimum atomic E-state index is -0.193. The van der Waals surface area contributed by atoms with Crippen LogP contribution in [-0.4, -0.2) is 16.9 Å². The molecule has 6 heteroatoms. The number of pyridine rings is 1. The molecule has 172 valence electrons. The monoisotopic (exact) mass is 482 g/mol. The number of aromatic nitrogens is 1. The molecule has 2 heterocycles. The van der Waals surface area contributed by atoms with E-state index in [2.05, 4.69) is 12.2 Å². The number of hydrogen-bond acceptors (Lipinski definition) is 3. The zero-order valence-electron chi connectivity index (χ0n) is 18.8. The fourth-order valence-electron chi connectivity index (χ4n) is 4.52. The van der Waals surface area contributed by atoms with Crippen molar-refractivity contribution in [3.05, 3.63) is 96.7 Å². The normalized spacial score (nSPS) is 12.8. The van der Waals surface area contributed by atoms with Gasteiger partial charge in [0.2, 0.25) is 0 Å². The number of rotatable bonds is 8. The Kier molecular flexibility index (Phi) is 7.56. The fourth-order valence-corrected chi connectivity index (χ4v) is 4.90. The maximum atomic E-state index is 14.0. The van der Waals surface area contributed by atoms with E-state index < -0.39 is 0 Å². The van der Waals surface area contributed by atoms with Crippen LogP contribution in [0.4, 0.5) is 5.82 Å². The topological polar surface area (TPSA) is 51.1 Å². The van der Waals surface area contributed by atoms with Gasteiger partial charge in [0, 0.05) is 35.7 Å². The number of fused-ring (bicyclic) bond motifs is 1. The van der Waals surface area contributed by atoms with Crippen LogP contribution >= 0.6 is 23.2 Å². The first-order chi connectivity index (χ1) is 16.0. The van der Waals surface area contributed by atoms with Gasteiger partial charge in [-0.1, -0.05) is 73.3 Å². The molecule has 1 aromatic heterocycles. The third-order valence-corrected chi connectivity index (χ3v) is 6.75. The van der Waals surface area contributed by atoms with Gasteiger partial charge in [-0.3, -0.25) is 14.2 Å². The van der Waals surface area contributed by atoms with Gasteiger partial charge < -0.3 is 5.32 Å². The van der Waals surface area contributed by atoms with Crippen molar-refractivity contribution >= 4 is 34.8 Å². The van der Waals surface area contributed by atoms with Gasteiger partial charge in [-0.15, -0.1) is 0 Å². The molecule has 0 spiro atoms. The van der Waals surface area contributed by atoms with Gasteiger partial charge >= 0.3 is 0 Å². The first-order valence-electron chi connectivity index (χ1n) is 11.6. The molecule has 4 nitrogen and oxygen atoms in total. The lowest BCUT2D eigenvalue weighted by atomic mass is 9.89. The Morgan fingerprint density at radius 1 is 1.06 bits per heavy atom. The Hall–Kier alpha value is -2.56. The third-order valence-electron chi connectivity index (χ3n) is 6.18. The molecule has 4 rings (SSSR count). The average Bonchev–Trinajstić information content (AvgIpc) is 2.83. The molecule has 1 aliphatic rings. The molecule has 2 aromatic carbocycles. The quantitative estimate of drug-likeness (QED) is 0.293. The maximum absolute atomic E-state index is 14.0. The summed E-state index contributed by atoms with van der Waals surface area (Å²) >= 11 is 12.7. The van der Waals surface area contributed by atoms with Crippen LogP contribution in [-0.2, 0) is 19.4 Å². The number of carbonyl (C=O) groups excluding carboxylic acids is 1. The van der Waals surface area contributed by atoms with Crippen molar-refractivity contribution in [1.29, 1.82) is 0 Å². The predicted molar refractivity (Wildman–Crippen MR) is 136 cm³/mol. The van der Waals surface area contributed by atoms with Gasteiger partial charge in [-0.2, -0.15) is 0 Å². The first kappa shape index (κ1) is 23.6. The SMILES string of the molecule is CCCCCc1c(C(=O)c2cc(Cl)ccc2Cl)c2n(c(=O)c1Cc1ccccc1)CCCN2. The van der Waals surface area contributed by atoms with E-state index >= 15 is 0 Å². The van der Waals surface area contributed by atoms with Crippen LogP contribution in [0.25, 0.3) is 0 Å². The van der Waals surface area contributed by atoms with Gasteiger partial charge in [0.05, 0.1) is 10.6 Å². The van der Waals surface area contributed by atoms with Gasteiger partial charge in [0.15, 0.2) is 5.78 Å². The number of halogens is 2. The van der Waals surface area contributed by atoms with Crippen LogP contribution in [0.15, 0.2) is 53.3 Å². The number of nitrogens with zero attached hydrogens (tertiary/aromatic N) is 1. The van der Waals surface area contributed by atoms with E-state index in [0.29, 0.717) is 51.9 Å². The molecule has 0 aliphatic carbocycles. The van der Waals surface area contributed by atoms with Gasteiger partial charge in [0.1, 0.15) is 5.82 Å². The number of carbonyl (C=O) groups is 1. The Morgan fingerprint density at radius 3 is 2.61 bits per heavy atom. The lowest BCUT2D eigenvalue weighted by molar-refractivity contribution is 0.103. The lowest BCUT2D eigenvalue weighted by Gasteiger charge is -2.27.